The highest BCUT2D eigenvalue weighted by atomic mass is 16.5. The summed E-state index contributed by atoms with van der Waals surface area (Å²) in [5.74, 6) is -0.302. The quantitative estimate of drug-likeness (QED) is 0.702. The lowest BCUT2D eigenvalue weighted by molar-refractivity contribution is 0.0335. The molecule has 0 saturated carbocycles. The standard InChI is InChI=1S/C13H22N2O4/c1-13(17,9-15(2)3)8-14-7-10-5-6-19-11(10)12(16)18-4/h5-6,14,17H,7-9H2,1-4H3. The highest BCUT2D eigenvalue weighted by molar-refractivity contribution is 5.87. The lowest BCUT2D eigenvalue weighted by Crippen LogP contribution is -2.45. The van der Waals surface area contributed by atoms with Gasteiger partial charge in [0.1, 0.15) is 0 Å². The van der Waals surface area contributed by atoms with Crippen LogP contribution in [0.5, 0.6) is 0 Å². The fraction of sp³-hybridized carbons (Fsp3) is 0.615. The molecule has 0 aliphatic carbocycles. The maximum atomic E-state index is 11.4. The number of ether oxygens (including phenoxy) is 1. The second kappa shape index (κ2) is 6.70. The molecule has 1 aromatic rings. The van der Waals surface area contributed by atoms with E-state index in [2.05, 4.69) is 10.1 Å². The van der Waals surface area contributed by atoms with Crippen LogP contribution in [-0.4, -0.2) is 55.9 Å². The van der Waals surface area contributed by atoms with E-state index in [1.54, 1.807) is 13.0 Å². The molecule has 0 aliphatic heterocycles. The zero-order chi connectivity index (χ0) is 14.5. The summed E-state index contributed by atoms with van der Waals surface area (Å²) in [6.07, 6.45) is 1.45. The molecular weight excluding hydrogens is 248 g/mol. The van der Waals surface area contributed by atoms with Gasteiger partial charge >= 0.3 is 5.97 Å². The average molecular weight is 270 g/mol. The molecule has 1 rings (SSSR count). The zero-order valence-electron chi connectivity index (χ0n) is 11.9. The lowest BCUT2D eigenvalue weighted by atomic mass is 10.1. The molecule has 0 fully saturated rings. The molecule has 6 nitrogen and oxygen atoms in total. The van der Waals surface area contributed by atoms with Gasteiger partial charge in [-0.15, -0.1) is 0 Å². The third-order valence-corrected chi connectivity index (χ3v) is 2.60. The van der Waals surface area contributed by atoms with Crippen LogP contribution in [0, 0.1) is 0 Å². The molecule has 1 atom stereocenters. The Morgan fingerprint density at radius 1 is 1.58 bits per heavy atom. The summed E-state index contributed by atoms with van der Waals surface area (Å²) in [4.78, 5) is 13.3. The van der Waals surface area contributed by atoms with Crippen molar-refractivity contribution in [3.63, 3.8) is 0 Å². The average Bonchev–Trinajstić information content (AvgIpc) is 2.74. The molecule has 1 aromatic heterocycles. The van der Waals surface area contributed by atoms with E-state index in [1.807, 2.05) is 19.0 Å². The van der Waals surface area contributed by atoms with E-state index >= 15 is 0 Å². The molecule has 0 radical (unpaired) electrons. The first-order chi connectivity index (χ1) is 8.85. The number of aliphatic hydroxyl groups is 1. The number of likely N-dealkylation sites (N-methyl/N-ethyl adjacent to an activating group) is 1. The number of methoxy groups -OCH3 is 1. The number of rotatable bonds is 7. The van der Waals surface area contributed by atoms with E-state index in [0.717, 1.165) is 0 Å². The second-order valence-corrected chi connectivity index (χ2v) is 5.10. The number of esters is 1. The summed E-state index contributed by atoms with van der Waals surface area (Å²) in [6, 6.07) is 1.71. The number of carbonyl (C=O) groups excluding carboxylic acids is 1. The smallest absolute Gasteiger partial charge is 0.374 e. The molecule has 19 heavy (non-hydrogen) atoms. The fourth-order valence-corrected chi connectivity index (χ4v) is 1.95. The van der Waals surface area contributed by atoms with Crippen LogP contribution in [0.3, 0.4) is 0 Å². The molecule has 0 amide bonds. The third kappa shape index (κ3) is 5.02. The normalized spacial score (nSPS) is 14.4. The van der Waals surface area contributed by atoms with Crippen LogP contribution in [-0.2, 0) is 11.3 Å². The lowest BCUT2D eigenvalue weighted by Gasteiger charge is -2.27. The van der Waals surface area contributed by atoms with Crippen molar-refractivity contribution in [3.8, 4) is 0 Å². The Bertz CT molecular complexity index is 413. The van der Waals surface area contributed by atoms with E-state index in [0.29, 0.717) is 25.2 Å². The number of nitrogens with zero attached hydrogens (tertiary/aromatic N) is 1. The summed E-state index contributed by atoms with van der Waals surface area (Å²) in [5, 5.41) is 13.2. The molecular formula is C13H22N2O4. The van der Waals surface area contributed by atoms with Crippen LogP contribution in [0.1, 0.15) is 23.0 Å². The van der Waals surface area contributed by atoms with E-state index in [4.69, 9.17) is 4.42 Å². The van der Waals surface area contributed by atoms with Gasteiger partial charge in [0.15, 0.2) is 0 Å². The number of hydrogen-bond acceptors (Lipinski definition) is 6. The van der Waals surface area contributed by atoms with Crippen molar-refractivity contribution in [2.75, 3.05) is 34.3 Å². The topological polar surface area (TPSA) is 74.9 Å². The Balaban J connectivity index is 2.50. The molecule has 0 aliphatic rings. The van der Waals surface area contributed by atoms with Gasteiger partial charge in [0.2, 0.25) is 5.76 Å². The second-order valence-electron chi connectivity index (χ2n) is 5.10. The van der Waals surface area contributed by atoms with Gasteiger partial charge in [-0.3, -0.25) is 0 Å². The first-order valence-electron chi connectivity index (χ1n) is 6.08. The van der Waals surface area contributed by atoms with Crippen molar-refractivity contribution >= 4 is 5.97 Å². The summed E-state index contributed by atoms with van der Waals surface area (Å²) in [5.41, 5.74) is -0.119. The molecule has 2 N–H and O–H groups in total. The van der Waals surface area contributed by atoms with Gasteiger partial charge in [0.25, 0.3) is 0 Å². The maximum Gasteiger partial charge on any atom is 0.374 e. The van der Waals surface area contributed by atoms with Gasteiger partial charge in [-0.2, -0.15) is 0 Å². The Morgan fingerprint density at radius 2 is 2.26 bits per heavy atom. The number of furan rings is 1. The molecule has 0 saturated heterocycles. The van der Waals surface area contributed by atoms with Crippen molar-refractivity contribution < 1.29 is 19.1 Å². The minimum atomic E-state index is -0.835. The number of carbonyl (C=O) groups is 1. The minimum Gasteiger partial charge on any atom is -0.463 e. The summed E-state index contributed by atoms with van der Waals surface area (Å²) in [7, 11) is 5.11. The van der Waals surface area contributed by atoms with E-state index in [9.17, 15) is 9.90 Å². The summed E-state index contributed by atoms with van der Waals surface area (Å²) >= 11 is 0. The van der Waals surface area contributed by atoms with Gasteiger partial charge in [-0.25, -0.2) is 4.79 Å². The van der Waals surface area contributed by atoms with Crippen molar-refractivity contribution in [1.82, 2.24) is 10.2 Å². The van der Waals surface area contributed by atoms with Gasteiger partial charge in [0.05, 0.1) is 19.0 Å². The van der Waals surface area contributed by atoms with Crippen LogP contribution in [0.25, 0.3) is 0 Å². The van der Waals surface area contributed by atoms with E-state index in [1.165, 1.54) is 13.4 Å². The Hall–Kier alpha value is -1.37. The largest absolute Gasteiger partial charge is 0.463 e. The van der Waals surface area contributed by atoms with Crippen LogP contribution < -0.4 is 5.32 Å². The predicted octanol–water partition coefficient (Wildman–Crippen LogP) is 0.468. The number of nitrogens with one attached hydrogen (secondary N) is 1. The van der Waals surface area contributed by atoms with Crippen LogP contribution in [0.2, 0.25) is 0 Å². The Morgan fingerprint density at radius 3 is 2.84 bits per heavy atom. The molecule has 1 unspecified atom stereocenters. The van der Waals surface area contributed by atoms with Crippen molar-refractivity contribution in [2.45, 2.75) is 19.1 Å². The van der Waals surface area contributed by atoms with E-state index < -0.39 is 11.6 Å². The van der Waals surface area contributed by atoms with E-state index in [-0.39, 0.29) is 5.76 Å². The predicted molar refractivity (Wildman–Crippen MR) is 70.9 cm³/mol. The van der Waals surface area contributed by atoms with Crippen LogP contribution in [0.4, 0.5) is 0 Å². The molecule has 1 heterocycles. The van der Waals surface area contributed by atoms with Gasteiger partial charge in [0, 0.05) is 25.2 Å². The van der Waals surface area contributed by atoms with Gasteiger partial charge in [-0.1, -0.05) is 0 Å². The molecule has 0 bridgehead atoms. The SMILES string of the molecule is COC(=O)c1occc1CNCC(C)(O)CN(C)C. The zero-order valence-corrected chi connectivity index (χ0v) is 11.9. The molecule has 6 heteroatoms. The van der Waals surface area contributed by atoms with Crippen molar-refractivity contribution in [1.29, 1.82) is 0 Å². The molecule has 0 aromatic carbocycles. The van der Waals surface area contributed by atoms with Crippen molar-refractivity contribution in [3.05, 3.63) is 23.7 Å². The van der Waals surface area contributed by atoms with Crippen molar-refractivity contribution in [2.24, 2.45) is 0 Å². The molecule has 108 valence electrons. The van der Waals surface area contributed by atoms with Gasteiger partial charge < -0.3 is 24.5 Å². The monoisotopic (exact) mass is 270 g/mol. The Kier molecular flexibility index (Phi) is 5.53. The van der Waals surface area contributed by atoms with Gasteiger partial charge in [-0.05, 0) is 27.1 Å². The highest BCUT2D eigenvalue weighted by Gasteiger charge is 2.21. The molecule has 0 spiro atoms. The number of hydrogen-bond donors (Lipinski definition) is 2. The summed E-state index contributed by atoms with van der Waals surface area (Å²) < 4.78 is 9.70. The first-order valence-corrected chi connectivity index (χ1v) is 6.08. The Labute approximate surface area is 113 Å². The highest BCUT2D eigenvalue weighted by Crippen LogP contribution is 2.12. The van der Waals surface area contributed by atoms with Crippen LogP contribution in [0.15, 0.2) is 16.7 Å². The third-order valence-electron chi connectivity index (χ3n) is 2.60. The maximum absolute atomic E-state index is 11.4. The fourth-order valence-electron chi connectivity index (χ4n) is 1.95. The summed E-state index contributed by atoms with van der Waals surface area (Å²) in [6.45, 7) is 3.16. The first kappa shape index (κ1) is 15.7. The van der Waals surface area contributed by atoms with Crippen LogP contribution >= 0.6 is 0 Å². The minimum absolute atomic E-state index is 0.197.